The zero-order valence-electron chi connectivity index (χ0n) is 14.6. The van der Waals surface area contributed by atoms with Crippen LogP contribution >= 0.6 is 0 Å². The van der Waals surface area contributed by atoms with Crippen molar-refractivity contribution in [3.8, 4) is 0 Å². The fourth-order valence-electron chi connectivity index (χ4n) is 2.62. The molecule has 3 rings (SSSR count). The van der Waals surface area contributed by atoms with E-state index < -0.39 is 10.0 Å². The molecule has 0 aliphatic carbocycles. The summed E-state index contributed by atoms with van der Waals surface area (Å²) in [4.78, 5) is 12.4. The third kappa shape index (κ3) is 3.95. The number of furan rings is 1. The Hall–Kier alpha value is -2.64. The first-order valence-corrected chi connectivity index (χ1v) is 9.69. The summed E-state index contributed by atoms with van der Waals surface area (Å²) in [5, 5.41) is 3.49. The van der Waals surface area contributed by atoms with Crippen LogP contribution in [0.5, 0.6) is 0 Å². The number of para-hydroxylation sites is 1. The van der Waals surface area contributed by atoms with Crippen LogP contribution in [0.2, 0.25) is 0 Å². The molecule has 0 saturated heterocycles. The Kier molecular flexibility index (Phi) is 5.11. The lowest BCUT2D eigenvalue weighted by molar-refractivity contribution is 0.0929. The van der Waals surface area contributed by atoms with Crippen molar-refractivity contribution in [3.05, 3.63) is 65.4 Å². The highest BCUT2D eigenvalue weighted by molar-refractivity contribution is 7.89. The van der Waals surface area contributed by atoms with Crippen molar-refractivity contribution < 1.29 is 17.6 Å². The number of amides is 1. The van der Waals surface area contributed by atoms with Crippen LogP contribution in [0.15, 0.2) is 57.8 Å². The smallest absolute Gasteiger partial charge is 0.287 e. The molecular weight excluding hydrogens is 352 g/mol. The van der Waals surface area contributed by atoms with Crippen LogP contribution in [0.25, 0.3) is 11.0 Å². The molecule has 0 spiro atoms. The van der Waals surface area contributed by atoms with Crippen LogP contribution in [0.3, 0.4) is 0 Å². The monoisotopic (exact) mass is 372 g/mol. The van der Waals surface area contributed by atoms with Gasteiger partial charge in [-0.25, -0.2) is 13.1 Å². The summed E-state index contributed by atoms with van der Waals surface area (Å²) in [5.41, 5.74) is 2.18. The second-order valence-electron chi connectivity index (χ2n) is 6.07. The maximum atomic E-state index is 12.4. The number of hydrogen-bond acceptors (Lipinski definition) is 4. The summed E-state index contributed by atoms with van der Waals surface area (Å²) >= 11 is 0. The Labute approximate surface area is 152 Å². The molecule has 0 saturated carbocycles. The van der Waals surface area contributed by atoms with Gasteiger partial charge in [0.05, 0.1) is 4.90 Å². The maximum absolute atomic E-state index is 12.4. The number of fused-ring (bicyclic) bond motifs is 1. The van der Waals surface area contributed by atoms with Crippen LogP contribution in [-0.4, -0.2) is 27.4 Å². The van der Waals surface area contributed by atoms with E-state index in [4.69, 9.17) is 4.42 Å². The average Bonchev–Trinajstić information content (AvgIpc) is 3.05. The van der Waals surface area contributed by atoms with Gasteiger partial charge in [-0.3, -0.25) is 4.79 Å². The molecule has 26 heavy (non-hydrogen) atoms. The van der Waals surface area contributed by atoms with Crippen LogP contribution in [-0.2, 0) is 10.0 Å². The Morgan fingerprint density at radius 3 is 2.58 bits per heavy atom. The van der Waals surface area contributed by atoms with E-state index in [1.165, 1.54) is 0 Å². The lowest BCUT2D eigenvalue weighted by Crippen LogP contribution is -2.34. The van der Waals surface area contributed by atoms with Gasteiger partial charge in [-0.2, -0.15) is 0 Å². The van der Waals surface area contributed by atoms with Crippen molar-refractivity contribution in [2.75, 3.05) is 13.1 Å². The largest absolute Gasteiger partial charge is 0.451 e. The van der Waals surface area contributed by atoms with Crippen LogP contribution in [0.4, 0.5) is 0 Å². The summed E-state index contributed by atoms with van der Waals surface area (Å²) in [6.45, 7) is 3.82. The number of rotatable bonds is 6. The van der Waals surface area contributed by atoms with Gasteiger partial charge in [0.15, 0.2) is 5.76 Å². The van der Waals surface area contributed by atoms with Gasteiger partial charge in [0.1, 0.15) is 5.58 Å². The third-order valence-corrected chi connectivity index (χ3v) is 5.59. The van der Waals surface area contributed by atoms with E-state index in [1.54, 1.807) is 31.2 Å². The predicted octanol–water partition coefficient (Wildman–Crippen LogP) is 2.76. The van der Waals surface area contributed by atoms with Crippen molar-refractivity contribution >= 4 is 26.9 Å². The molecule has 2 aromatic carbocycles. The molecule has 0 radical (unpaired) electrons. The molecule has 1 heterocycles. The normalized spacial score (nSPS) is 11.6. The van der Waals surface area contributed by atoms with Gasteiger partial charge in [0, 0.05) is 18.5 Å². The number of sulfonamides is 1. The van der Waals surface area contributed by atoms with Gasteiger partial charge < -0.3 is 9.73 Å². The van der Waals surface area contributed by atoms with Gasteiger partial charge in [0.25, 0.3) is 5.91 Å². The Morgan fingerprint density at radius 2 is 1.81 bits per heavy atom. The highest BCUT2D eigenvalue weighted by atomic mass is 32.2. The summed E-state index contributed by atoms with van der Waals surface area (Å²) in [7, 11) is -3.62. The summed E-state index contributed by atoms with van der Waals surface area (Å²) in [6.07, 6.45) is 0. The molecular formula is C19H20N2O4S. The molecule has 136 valence electrons. The van der Waals surface area contributed by atoms with E-state index in [2.05, 4.69) is 10.0 Å². The van der Waals surface area contributed by atoms with E-state index in [-0.39, 0.29) is 29.7 Å². The zero-order chi connectivity index (χ0) is 18.7. The topological polar surface area (TPSA) is 88.4 Å². The summed E-state index contributed by atoms with van der Waals surface area (Å²) < 4.78 is 32.8. The standard InChI is InChI=1S/C19H20N2O4S/c1-13-7-8-14(2)18(11-13)26(23,24)21-10-9-20-19(22)17-12-15-5-3-4-6-16(15)25-17/h3-8,11-12,21H,9-10H2,1-2H3,(H,20,22). The molecule has 0 unspecified atom stereocenters. The summed E-state index contributed by atoms with van der Waals surface area (Å²) in [5.74, 6) is -0.185. The predicted molar refractivity (Wildman–Crippen MR) is 99.7 cm³/mol. The molecule has 0 aliphatic rings. The van der Waals surface area contributed by atoms with Gasteiger partial charge >= 0.3 is 0 Å². The first-order valence-electron chi connectivity index (χ1n) is 8.20. The zero-order valence-corrected chi connectivity index (χ0v) is 15.4. The average molecular weight is 372 g/mol. The summed E-state index contributed by atoms with van der Waals surface area (Å²) in [6, 6.07) is 14.3. The second kappa shape index (κ2) is 7.31. The van der Waals surface area contributed by atoms with E-state index in [1.807, 2.05) is 31.2 Å². The Morgan fingerprint density at radius 1 is 1.04 bits per heavy atom. The van der Waals surface area contributed by atoms with Crippen molar-refractivity contribution in [1.82, 2.24) is 10.0 Å². The molecule has 0 atom stereocenters. The van der Waals surface area contributed by atoms with Gasteiger partial charge in [-0.1, -0.05) is 30.3 Å². The third-order valence-electron chi connectivity index (χ3n) is 3.99. The van der Waals surface area contributed by atoms with E-state index in [0.717, 1.165) is 10.9 Å². The van der Waals surface area contributed by atoms with E-state index >= 15 is 0 Å². The fraction of sp³-hybridized carbons (Fsp3) is 0.211. The van der Waals surface area contributed by atoms with Crippen molar-refractivity contribution in [3.63, 3.8) is 0 Å². The molecule has 3 aromatic rings. The Bertz CT molecular complexity index is 1020. The number of hydrogen-bond donors (Lipinski definition) is 2. The van der Waals surface area contributed by atoms with Crippen molar-refractivity contribution in [2.24, 2.45) is 0 Å². The highest BCUT2D eigenvalue weighted by Crippen LogP contribution is 2.18. The second-order valence-corrected chi connectivity index (χ2v) is 7.81. The minimum Gasteiger partial charge on any atom is -0.451 e. The molecule has 0 aliphatic heterocycles. The molecule has 1 aromatic heterocycles. The van der Waals surface area contributed by atoms with E-state index in [0.29, 0.717) is 11.1 Å². The van der Waals surface area contributed by atoms with Gasteiger partial charge in [0.2, 0.25) is 10.0 Å². The highest BCUT2D eigenvalue weighted by Gasteiger charge is 2.17. The molecule has 0 bridgehead atoms. The van der Waals surface area contributed by atoms with Crippen molar-refractivity contribution in [2.45, 2.75) is 18.7 Å². The van der Waals surface area contributed by atoms with Crippen LogP contribution in [0.1, 0.15) is 21.7 Å². The number of aryl methyl sites for hydroxylation is 2. The minimum atomic E-state index is -3.62. The molecule has 2 N–H and O–H groups in total. The lowest BCUT2D eigenvalue weighted by Gasteiger charge is -2.10. The van der Waals surface area contributed by atoms with Gasteiger partial charge in [-0.15, -0.1) is 0 Å². The molecule has 7 heteroatoms. The van der Waals surface area contributed by atoms with Crippen LogP contribution in [0, 0.1) is 13.8 Å². The van der Waals surface area contributed by atoms with Gasteiger partial charge in [-0.05, 0) is 43.2 Å². The maximum Gasteiger partial charge on any atom is 0.287 e. The number of carbonyl (C=O) groups is 1. The van der Waals surface area contributed by atoms with E-state index in [9.17, 15) is 13.2 Å². The molecule has 0 fully saturated rings. The number of benzene rings is 2. The lowest BCUT2D eigenvalue weighted by atomic mass is 10.2. The molecule has 1 amide bonds. The number of nitrogens with one attached hydrogen (secondary N) is 2. The first kappa shape index (κ1) is 18.2. The van der Waals surface area contributed by atoms with Crippen LogP contribution < -0.4 is 10.0 Å². The SMILES string of the molecule is Cc1ccc(C)c(S(=O)(=O)NCCNC(=O)c2cc3ccccc3o2)c1. The van der Waals surface area contributed by atoms with Crippen molar-refractivity contribution in [1.29, 1.82) is 0 Å². The minimum absolute atomic E-state index is 0.0850. The first-order chi connectivity index (χ1) is 12.4. The molecule has 6 nitrogen and oxygen atoms in total. The Balaban J connectivity index is 1.57. The number of carbonyl (C=O) groups excluding carboxylic acids is 1. The fourth-order valence-corrected chi connectivity index (χ4v) is 3.98. The quantitative estimate of drug-likeness (QED) is 0.651.